The van der Waals surface area contributed by atoms with Crippen molar-refractivity contribution in [1.82, 2.24) is 5.32 Å². The van der Waals surface area contributed by atoms with Crippen LogP contribution in [0.2, 0.25) is 0 Å². The molecule has 0 radical (unpaired) electrons. The molecule has 0 saturated heterocycles. The minimum Gasteiger partial charge on any atom is -0.319 e. The molecule has 0 aliphatic heterocycles. The van der Waals surface area contributed by atoms with Crippen molar-refractivity contribution < 1.29 is 0 Å². The lowest BCUT2D eigenvalue weighted by atomic mass is 10.1. The van der Waals surface area contributed by atoms with Crippen molar-refractivity contribution in [2.45, 2.75) is 13.3 Å². The van der Waals surface area contributed by atoms with E-state index in [4.69, 9.17) is 5.26 Å². The molecule has 0 aromatic rings. The largest absolute Gasteiger partial charge is 0.319 e. The minimum atomic E-state index is 0.526. The van der Waals surface area contributed by atoms with Crippen LogP contribution in [0.5, 0.6) is 0 Å². The number of allylic oxidation sites excluding steroid dienone is 2. The number of nitrogens with zero attached hydrogens (tertiary/aromatic N) is 1. The van der Waals surface area contributed by atoms with Crippen LogP contribution in [0.25, 0.3) is 0 Å². The number of rotatable bonds is 4. The molecule has 0 aromatic carbocycles. The molecule has 0 atom stereocenters. The molecule has 0 aliphatic carbocycles. The summed E-state index contributed by atoms with van der Waals surface area (Å²) >= 11 is 0. The van der Waals surface area contributed by atoms with Gasteiger partial charge in [0.2, 0.25) is 0 Å². The molecule has 11 heavy (non-hydrogen) atoms. The Morgan fingerprint density at radius 3 is 2.82 bits per heavy atom. The van der Waals surface area contributed by atoms with Gasteiger partial charge in [-0.15, -0.1) is 0 Å². The second kappa shape index (κ2) is 5.70. The zero-order chi connectivity index (χ0) is 8.69. The number of hydrogen-bond donors (Lipinski definition) is 1. The third-order valence-corrected chi connectivity index (χ3v) is 1.33. The maximum atomic E-state index is 8.40. The lowest BCUT2D eigenvalue weighted by Crippen LogP contribution is -2.07. The van der Waals surface area contributed by atoms with E-state index in [9.17, 15) is 0 Å². The van der Waals surface area contributed by atoms with Crippen molar-refractivity contribution in [2.75, 3.05) is 13.6 Å². The highest BCUT2D eigenvalue weighted by molar-refractivity contribution is 5.31. The zero-order valence-corrected chi connectivity index (χ0v) is 7.15. The van der Waals surface area contributed by atoms with Gasteiger partial charge in [0.15, 0.2) is 0 Å². The van der Waals surface area contributed by atoms with Crippen LogP contribution >= 0.6 is 0 Å². The molecule has 0 unspecified atom stereocenters. The maximum Gasteiger partial charge on any atom is 0.0985 e. The van der Waals surface area contributed by atoms with E-state index < -0.39 is 0 Å². The molecular weight excluding hydrogens is 136 g/mol. The summed E-state index contributed by atoms with van der Waals surface area (Å²) in [5.74, 6) is 0. The van der Waals surface area contributed by atoms with Crippen molar-refractivity contribution in [3.63, 3.8) is 0 Å². The van der Waals surface area contributed by atoms with Gasteiger partial charge in [0.1, 0.15) is 0 Å². The summed E-state index contributed by atoms with van der Waals surface area (Å²) in [6.45, 7) is 6.51. The first-order chi connectivity index (χ1) is 5.20. The van der Waals surface area contributed by atoms with E-state index in [2.05, 4.69) is 11.9 Å². The van der Waals surface area contributed by atoms with E-state index in [1.807, 2.05) is 26.1 Å². The fourth-order valence-electron chi connectivity index (χ4n) is 0.724. The first-order valence-electron chi connectivity index (χ1n) is 3.61. The molecule has 60 valence electrons. The highest BCUT2D eigenvalue weighted by atomic mass is 14.8. The Morgan fingerprint density at radius 1 is 1.73 bits per heavy atom. The second-order valence-electron chi connectivity index (χ2n) is 2.48. The SMILES string of the molecule is C=C(C#N)C=C(C)CCNC. The third kappa shape index (κ3) is 5.38. The molecule has 1 N–H and O–H groups in total. The van der Waals surface area contributed by atoms with Gasteiger partial charge in [-0.05, 0) is 33.0 Å². The number of hydrogen-bond acceptors (Lipinski definition) is 2. The van der Waals surface area contributed by atoms with Gasteiger partial charge in [-0.1, -0.05) is 12.2 Å². The van der Waals surface area contributed by atoms with Crippen molar-refractivity contribution in [2.24, 2.45) is 0 Å². The molecule has 0 fully saturated rings. The summed E-state index contributed by atoms with van der Waals surface area (Å²) in [6.07, 6.45) is 2.79. The summed E-state index contributed by atoms with van der Waals surface area (Å²) in [6, 6.07) is 1.98. The van der Waals surface area contributed by atoms with Crippen LogP contribution in [0.3, 0.4) is 0 Å². The molecule has 0 rings (SSSR count). The van der Waals surface area contributed by atoms with Gasteiger partial charge in [-0.2, -0.15) is 5.26 Å². The van der Waals surface area contributed by atoms with Crippen LogP contribution < -0.4 is 5.32 Å². The second-order valence-corrected chi connectivity index (χ2v) is 2.48. The lowest BCUT2D eigenvalue weighted by Gasteiger charge is -1.98. The van der Waals surface area contributed by atoms with E-state index in [0.717, 1.165) is 13.0 Å². The predicted octanol–water partition coefficient (Wildman–Crippen LogP) is 1.62. The van der Waals surface area contributed by atoms with Crippen LogP contribution in [0.15, 0.2) is 23.8 Å². The van der Waals surface area contributed by atoms with Crippen molar-refractivity contribution >= 4 is 0 Å². The molecular formula is C9H14N2. The van der Waals surface area contributed by atoms with E-state index in [1.165, 1.54) is 5.57 Å². The van der Waals surface area contributed by atoms with Crippen LogP contribution in [0.4, 0.5) is 0 Å². The van der Waals surface area contributed by atoms with Crippen molar-refractivity contribution in [1.29, 1.82) is 5.26 Å². The molecule has 0 bridgehead atoms. The Bertz CT molecular complexity index is 196. The molecule has 0 heterocycles. The number of nitriles is 1. The van der Waals surface area contributed by atoms with E-state index in [1.54, 1.807) is 0 Å². The van der Waals surface area contributed by atoms with Crippen molar-refractivity contribution in [3.8, 4) is 6.07 Å². The Hall–Kier alpha value is -1.07. The first-order valence-corrected chi connectivity index (χ1v) is 3.61. The lowest BCUT2D eigenvalue weighted by molar-refractivity contribution is 0.785. The van der Waals surface area contributed by atoms with E-state index in [-0.39, 0.29) is 0 Å². The third-order valence-electron chi connectivity index (χ3n) is 1.33. The van der Waals surface area contributed by atoms with Crippen LogP contribution in [0, 0.1) is 11.3 Å². The standard InChI is InChI=1S/C9H14N2/c1-8(4-5-11-3)6-9(2)7-10/h6,11H,2,4-5H2,1,3H3. The quantitative estimate of drug-likeness (QED) is 0.488. The Kier molecular flexibility index (Phi) is 5.14. The van der Waals surface area contributed by atoms with Gasteiger partial charge in [-0.25, -0.2) is 0 Å². The molecule has 0 saturated carbocycles. The topological polar surface area (TPSA) is 35.8 Å². The van der Waals surface area contributed by atoms with Gasteiger partial charge >= 0.3 is 0 Å². The van der Waals surface area contributed by atoms with E-state index in [0.29, 0.717) is 5.57 Å². The normalized spacial score (nSPS) is 10.8. The molecule has 2 nitrogen and oxygen atoms in total. The summed E-state index contributed by atoms with van der Waals surface area (Å²) in [7, 11) is 1.91. The van der Waals surface area contributed by atoms with Gasteiger partial charge in [-0.3, -0.25) is 0 Å². The Balaban J connectivity index is 3.82. The highest BCUT2D eigenvalue weighted by Crippen LogP contribution is 2.02. The van der Waals surface area contributed by atoms with Gasteiger partial charge in [0.25, 0.3) is 0 Å². The highest BCUT2D eigenvalue weighted by Gasteiger charge is 1.89. The molecule has 0 spiro atoms. The summed E-state index contributed by atoms with van der Waals surface area (Å²) < 4.78 is 0. The van der Waals surface area contributed by atoms with Gasteiger partial charge in [0, 0.05) is 5.57 Å². The smallest absolute Gasteiger partial charge is 0.0985 e. The van der Waals surface area contributed by atoms with Gasteiger partial charge in [0.05, 0.1) is 6.07 Å². The zero-order valence-electron chi connectivity index (χ0n) is 7.15. The fourth-order valence-corrected chi connectivity index (χ4v) is 0.724. The molecule has 0 aliphatic rings. The Morgan fingerprint density at radius 2 is 2.36 bits per heavy atom. The average Bonchev–Trinajstić information content (AvgIpc) is 2.00. The van der Waals surface area contributed by atoms with Crippen LogP contribution in [0.1, 0.15) is 13.3 Å². The monoisotopic (exact) mass is 150 g/mol. The summed E-state index contributed by atoms with van der Waals surface area (Å²) in [5.41, 5.74) is 1.71. The molecule has 2 heteroatoms. The van der Waals surface area contributed by atoms with Crippen molar-refractivity contribution in [3.05, 3.63) is 23.8 Å². The summed E-state index contributed by atoms with van der Waals surface area (Å²) in [5, 5.41) is 11.4. The minimum absolute atomic E-state index is 0.526. The Labute approximate surface area is 68.2 Å². The molecule has 0 aromatic heterocycles. The predicted molar refractivity (Wildman–Crippen MR) is 47.1 cm³/mol. The fraction of sp³-hybridized carbons (Fsp3) is 0.444. The van der Waals surface area contributed by atoms with Crippen LogP contribution in [-0.2, 0) is 0 Å². The number of nitrogens with one attached hydrogen (secondary N) is 1. The molecule has 0 amide bonds. The van der Waals surface area contributed by atoms with Gasteiger partial charge < -0.3 is 5.32 Å². The van der Waals surface area contributed by atoms with Crippen LogP contribution in [-0.4, -0.2) is 13.6 Å². The summed E-state index contributed by atoms with van der Waals surface area (Å²) in [4.78, 5) is 0. The average molecular weight is 150 g/mol. The first kappa shape index (κ1) is 9.93. The van der Waals surface area contributed by atoms with E-state index >= 15 is 0 Å². The maximum absolute atomic E-state index is 8.40.